The van der Waals surface area contributed by atoms with Gasteiger partial charge in [-0.15, -0.1) is 0 Å². The summed E-state index contributed by atoms with van der Waals surface area (Å²) in [6, 6.07) is 13.6. The van der Waals surface area contributed by atoms with Crippen LogP contribution >= 0.6 is 0 Å². The van der Waals surface area contributed by atoms with Crippen molar-refractivity contribution in [1.82, 2.24) is 5.32 Å². The van der Waals surface area contributed by atoms with Crippen LogP contribution in [0.3, 0.4) is 0 Å². The number of fused-ring (bicyclic) bond motifs is 1. The van der Waals surface area contributed by atoms with Gasteiger partial charge in [0.2, 0.25) is 0 Å². The van der Waals surface area contributed by atoms with E-state index in [0.29, 0.717) is 24.4 Å². The molecule has 1 atom stereocenters. The normalized spacial score (nSPS) is 16.4. The van der Waals surface area contributed by atoms with Gasteiger partial charge in [-0.3, -0.25) is 9.10 Å². The Morgan fingerprint density at radius 3 is 2.48 bits per heavy atom. The number of hydrogen-bond donors (Lipinski definition) is 1. The second kappa shape index (κ2) is 7.72. The zero-order chi connectivity index (χ0) is 19.6. The fraction of sp³-hybridized carbons (Fsp3) is 0.381. The van der Waals surface area contributed by atoms with Crippen molar-refractivity contribution < 1.29 is 13.2 Å². The Bertz CT molecular complexity index is 921. The van der Waals surface area contributed by atoms with Crippen LogP contribution in [0.25, 0.3) is 0 Å². The van der Waals surface area contributed by atoms with Gasteiger partial charge in [-0.05, 0) is 61.6 Å². The molecule has 0 fully saturated rings. The van der Waals surface area contributed by atoms with E-state index >= 15 is 0 Å². The maximum absolute atomic E-state index is 13.2. The molecular weight excluding hydrogens is 360 g/mol. The summed E-state index contributed by atoms with van der Waals surface area (Å²) in [5, 5.41) is 2.86. The minimum atomic E-state index is -3.67. The van der Waals surface area contributed by atoms with E-state index in [0.717, 1.165) is 17.7 Å². The number of carbonyl (C=O) groups is 1. The zero-order valence-electron chi connectivity index (χ0n) is 16.0. The molecule has 1 aliphatic rings. The summed E-state index contributed by atoms with van der Waals surface area (Å²) in [6.45, 7) is 6.72. The summed E-state index contributed by atoms with van der Waals surface area (Å²) >= 11 is 0. The van der Waals surface area contributed by atoms with Crippen molar-refractivity contribution in [3.8, 4) is 0 Å². The molecule has 5 nitrogen and oxygen atoms in total. The van der Waals surface area contributed by atoms with Gasteiger partial charge in [-0.2, -0.15) is 0 Å². The third kappa shape index (κ3) is 4.00. The number of nitrogens with one attached hydrogen (secondary N) is 1. The van der Waals surface area contributed by atoms with Gasteiger partial charge in [0.05, 0.1) is 10.6 Å². The summed E-state index contributed by atoms with van der Waals surface area (Å²) in [5.74, 6) is 0.336. The molecular formula is C21H26N2O3S. The summed E-state index contributed by atoms with van der Waals surface area (Å²) in [6.07, 6.45) is 1.61. The standard InChI is InChI=1S/C21H26N2O3S/c1-15(2)12-13-22-21(24)17-8-10-19(11-9-17)27(25,26)23-16(3)14-18-6-4-5-7-20(18)23/h4-11,15-16H,12-14H2,1-3H3,(H,22,24). The molecule has 2 aromatic rings. The fourth-order valence-electron chi connectivity index (χ4n) is 3.37. The number of benzene rings is 2. The minimum absolute atomic E-state index is 0.133. The van der Waals surface area contributed by atoms with E-state index in [-0.39, 0.29) is 16.8 Å². The first kappa shape index (κ1) is 19.4. The van der Waals surface area contributed by atoms with E-state index in [1.807, 2.05) is 31.2 Å². The van der Waals surface area contributed by atoms with Crippen LogP contribution in [0.1, 0.15) is 43.1 Å². The quantitative estimate of drug-likeness (QED) is 0.825. The molecule has 1 N–H and O–H groups in total. The largest absolute Gasteiger partial charge is 0.352 e. The molecule has 0 aliphatic carbocycles. The van der Waals surface area contributed by atoms with Crippen LogP contribution < -0.4 is 9.62 Å². The van der Waals surface area contributed by atoms with Gasteiger partial charge in [0, 0.05) is 18.2 Å². The number of sulfonamides is 1. The highest BCUT2D eigenvalue weighted by molar-refractivity contribution is 7.92. The maximum Gasteiger partial charge on any atom is 0.264 e. The van der Waals surface area contributed by atoms with Gasteiger partial charge in [-0.1, -0.05) is 32.0 Å². The molecule has 6 heteroatoms. The maximum atomic E-state index is 13.2. The van der Waals surface area contributed by atoms with E-state index < -0.39 is 10.0 Å². The van der Waals surface area contributed by atoms with E-state index in [1.165, 1.54) is 16.4 Å². The van der Waals surface area contributed by atoms with Crippen LogP contribution in [0.5, 0.6) is 0 Å². The van der Waals surface area contributed by atoms with Crippen molar-refractivity contribution in [2.24, 2.45) is 5.92 Å². The first-order chi connectivity index (χ1) is 12.8. The lowest BCUT2D eigenvalue weighted by molar-refractivity contribution is 0.0952. The first-order valence-electron chi connectivity index (χ1n) is 9.31. The number of para-hydroxylation sites is 1. The molecule has 0 radical (unpaired) electrons. The number of nitrogens with zero attached hydrogens (tertiary/aromatic N) is 1. The van der Waals surface area contributed by atoms with Crippen molar-refractivity contribution in [3.05, 3.63) is 59.7 Å². The van der Waals surface area contributed by atoms with Crippen LogP contribution in [0, 0.1) is 5.92 Å². The second-order valence-electron chi connectivity index (χ2n) is 7.45. The van der Waals surface area contributed by atoms with Crippen molar-refractivity contribution in [2.75, 3.05) is 10.8 Å². The third-order valence-corrected chi connectivity index (χ3v) is 6.77. The van der Waals surface area contributed by atoms with E-state index in [4.69, 9.17) is 0 Å². The molecule has 0 saturated carbocycles. The zero-order valence-corrected chi connectivity index (χ0v) is 16.8. The Morgan fingerprint density at radius 1 is 1.15 bits per heavy atom. The van der Waals surface area contributed by atoms with Gasteiger partial charge >= 0.3 is 0 Å². The van der Waals surface area contributed by atoms with Crippen molar-refractivity contribution in [1.29, 1.82) is 0 Å². The van der Waals surface area contributed by atoms with Crippen LogP contribution in [-0.4, -0.2) is 26.9 Å². The molecule has 0 bridgehead atoms. The highest BCUT2D eigenvalue weighted by Crippen LogP contribution is 2.36. The molecule has 1 amide bonds. The Hall–Kier alpha value is -2.34. The highest BCUT2D eigenvalue weighted by Gasteiger charge is 2.35. The monoisotopic (exact) mass is 386 g/mol. The molecule has 1 aliphatic heterocycles. The smallest absolute Gasteiger partial charge is 0.264 e. The van der Waals surface area contributed by atoms with E-state index in [1.54, 1.807) is 12.1 Å². The second-order valence-corrected chi connectivity index (χ2v) is 9.26. The van der Waals surface area contributed by atoms with Gasteiger partial charge < -0.3 is 5.32 Å². The van der Waals surface area contributed by atoms with Gasteiger partial charge in [0.1, 0.15) is 0 Å². The van der Waals surface area contributed by atoms with Crippen LogP contribution in [0.15, 0.2) is 53.4 Å². The molecule has 0 saturated heterocycles. The van der Waals surface area contributed by atoms with Crippen molar-refractivity contribution in [3.63, 3.8) is 0 Å². The lowest BCUT2D eigenvalue weighted by Crippen LogP contribution is -2.35. The van der Waals surface area contributed by atoms with Gasteiger partial charge in [0.15, 0.2) is 0 Å². The Morgan fingerprint density at radius 2 is 1.81 bits per heavy atom. The number of hydrogen-bond acceptors (Lipinski definition) is 3. The number of anilines is 1. The summed E-state index contributed by atoms with van der Waals surface area (Å²) in [5.41, 5.74) is 2.24. The fourth-order valence-corrected chi connectivity index (χ4v) is 5.06. The summed E-state index contributed by atoms with van der Waals surface area (Å²) in [7, 11) is -3.67. The van der Waals surface area contributed by atoms with Gasteiger partial charge in [0.25, 0.3) is 15.9 Å². The molecule has 1 heterocycles. The lowest BCUT2D eigenvalue weighted by Gasteiger charge is -2.24. The highest BCUT2D eigenvalue weighted by atomic mass is 32.2. The molecule has 2 aromatic carbocycles. The minimum Gasteiger partial charge on any atom is -0.352 e. The van der Waals surface area contributed by atoms with Crippen LogP contribution in [0.4, 0.5) is 5.69 Å². The van der Waals surface area contributed by atoms with Crippen molar-refractivity contribution >= 4 is 21.6 Å². The lowest BCUT2D eigenvalue weighted by atomic mass is 10.1. The van der Waals surface area contributed by atoms with E-state index in [2.05, 4.69) is 19.2 Å². The summed E-state index contributed by atoms with van der Waals surface area (Å²) in [4.78, 5) is 12.4. The number of carbonyl (C=O) groups excluding carboxylic acids is 1. The first-order valence-corrected chi connectivity index (χ1v) is 10.8. The Balaban J connectivity index is 1.79. The predicted molar refractivity (Wildman–Crippen MR) is 108 cm³/mol. The van der Waals surface area contributed by atoms with Crippen molar-refractivity contribution in [2.45, 2.75) is 44.6 Å². The molecule has 144 valence electrons. The third-order valence-electron chi connectivity index (χ3n) is 4.83. The summed E-state index contributed by atoms with van der Waals surface area (Å²) < 4.78 is 27.8. The predicted octanol–water partition coefficient (Wildman–Crippen LogP) is 3.60. The number of rotatable bonds is 6. The van der Waals surface area contributed by atoms with E-state index in [9.17, 15) is 13.2 Å². The SMILES string of the molecule is CC(C)CCNC(=O)c1ccc(S(=O)(=O)N2c3ccccc3CC2C)cc1. The van der Waals surface area contributed by atoms with Crippen LogP contribution in [-0.2, 0) is 16.4 Å². The molecule has 1 unspecified atom stereocenters. The molecule has 0 spiro atoms. The topological polar surface area (TPSA) is 66.5 Å². The molecule has 3 rings (SSSR count). The number of amides is 1. The average Bonchev–Trinajstić information content (AvgIpc) is 2.97. The Kier molecular flexibility index (Phi) is 5.56. The molecule has 0 aromatic heterocycles. The van der Waals surface area contributed by atoms with Gasteiger partial charge in [-0.25, -0.2) is 8.42 Å². The van der Waals surface area contributed by atoms with Crippen LogP contribution in [0.2, 0.25) is 0 Å². The average molecular weight is 387 g/mol. The Labute approximate surface area is 161 Å². The molecule has 27 heavy (non-hydrogen) atoms.